The minimum Gasteiger partial charge on any atom is -0.462 e. The van der Waals surface area contributed by atoms with E-state index in [-0.39, 0.29) is 15.7 Å². The third-order valence-electron chi connectivity index (χ3n) is 1.69. The second-order valence-corrected chi connectivity index (χ2v) is 4.63. The highest BCUT2D eigenvalue weighted by Crippen LogP contribution is 2.29. The van der Waals surface area contributed by atoms with E-state index < -0.39 is 18.1 Å². The first-order valence-corrected chi connectivity index (χ1v) is 6.15. The van der Waals surface area contributed by atoms with Crippen LogP contribution in [-0.2, 0) is 4.74 Å². The molecule has 0 aliphatic carbocycles. The van der Waals surface area contributed by atoms with Crippen LogP contribution in [0.5, 0.6) is 0 Å². The number of carbonyl (C=O) groups excluding carboxylic acids is 1. The molecule has 1 rings (SSSR count). The highest BCUT2D eigenvalue weighted by molar-refractivity contribution is 14.1. The van der Waals surface area contributed by atoms with Gasteiger partial charge in [-0.25, -0.2) is 13.6 Å². The fraction of sp³-hybridized carbons (Fsp3) is 0.333. The normalized spacial score (nSPS) is 10.6. The minimum atomic E-state index is -2.71. The Labute approximate surface area is 113 Å². The maximum atomic E-state index is 12.6. The molecule has 3 nitrogen and oxygen atoms in total. The Morgan fingerprint density at radius 3 is 2.81 bits per heavy atom. The topological polar surface area (TPSA) is 39.2 Å². The number of hydrogen-bond acceptors (Lipinski definition) is 3. The van der Waals surface area contributed by atoms with Crippen LogP contribution in [0.25, 0.3) is 0 Å². The van der Waals surface area contributed by atoms with Crippen molar-refractivity contribution in [1.82, 2.24) is 4.98 Å². The van der Waals surface area contributed by atoms with Crippen molar-refractivity contribution in [2.24, 2.45) is 0 Å². The molecule has 1 heterocycles. The van der Waals surface area contributed by atoms with Crippen molar-refractivity contribution in [3.8, 4) is 0 Å². The molecule has 0 saturated carbocycles. The van der Waals surface area contributed by atoms with Crippen molar-refractivity contribution in [2.75, 3.05) is 6.61 Å². The molecule has 0 fully saturated rings. The molecule has 88 valence electrons. The zero-order valence-electron chi connectivity index (χ0n) is 8.14. The van der Waals surface area contributed by atoms with E-state index in [1.54, 1.807) is 29.5 Å². The molecule has 0 aromatic carbocycles. The average molecular weight is 406 g/mol. The maximum absolute atomic E-state index is 12.6. The summed E-state index contributed by atoms with van der Waals surface area (Å²) in [6.45, 7) is 1.83. The van der Waals surface area contributed by atoms with Gasteiger partial charge in [0, 0.05) is 6.20 Å². The summed E-state index contributed by atoms with van der Waals surface area (Å²) in [4.78, 5) is 15.1. The van der Waals surface area contributed by atoms with E-state index in [0.29, 0.717) is 4.47 Å². The van der Waals surface area contributed by atoms with Gasteiger partial charge in [0.25, 0.3) is 6.43 Å². The highest BCUT2D eigenvalue weighted by Gasteiger charge is 2.23. The van der Waals surface area contributed by atoms with E-state index in [4.69, 9.17) is 4.74 Å². The van der Waals surface area contributed by atoms with E-state index in [1.807, 2.05) is 0 Å². The van der Waals surface area contributed by atoms with Crippen LogP contribution >= 0.6 is 38.5 Å². The van der Waals surface area contributed by atoms with E-state index in [2.05, 4.69) is 20.9 Å². The molecular weight excluding hydrogens is 399 g/mol. The summed E-state index contributed by atoms with van der Waals surface area (Å²) in [6.07, 6.45) is -1.54. The van der Waals surface area contributed by atoms with Gasteiger partial charge in [-0.1, -0.05) is 0 Å². The van der Waals surface area contributed by atoms with Crippen LogP contribution in [0.4, 0.5) is 8.78 Å². The summed E-state index contributed by atoms with van der Waals surface area (Å²) in [5, 5.41) is 0. The number of hydrogen-bond donors (Lipinski definition) is 0. The lowest BCUT2D eigenvalue weighted by Crippen LogP contribution is -2.11. The minimum absolute atomic E-state index is 0.0905. The molecule has 1 aromatic rings. The van der Waals surface area contributed by atoms with Gasteiger partial charge in [-0.2, -0.15) is 0 Å². The lowest BCUT2D eigenvalue weighted by Gasteiger charge is -2.09. The fourth-order valence-electron chi connectivity index (χ4n) is 1.02. The van der Waals surface area contributed by atoms with Crippen LogP contribution in [0.15, 0.2) is 10.7 Å². The van der Waals surface area contributed by atoms with Crippen molar-refractivity contribution in [2.45, 2.75) is 13.3 Å². The van der Waals surface area contributed by atoms with Gasteiger partial charge in [-0.3, -0.25) is 4.98 Å². The molecule has 0 bridgehead atoms. The second-order valence-electron chi connectivity index (χ2n) is 2.70. The Morgan fingerprint density at radius 2 is 2.31 bits per heavy atom. The molecule has 0 N–H and O–H groups in total. The zero-order valence-corrected chi connectivity index (χ0v) is 11.9. The fourth-order valence-corrected chi connectivity index (χ4v) is 2.74. The predicted molar refractivity (Wildman–Crippen MR) is 65.6 cm³/mol. The largest absolute Gasteiger partial charge is 0.462 e. The first kappa shape index (κ1) is 13.8. The van der Waals surface area contributed by atoms with Crippen molar-refractivity contribution < 1.29 is 18.3 Å². The number of alkyl halides is 2. The van der Waals surface area contributed by atoms with E-state index in [1.165, 1.54) is 6.20 Å². The number of rotatable bonds is 3. The Bertz CT molecular complexity index is 415. The molecule has 0 radical (unpaired) electrons. The number of halogens is 4. The van der Waals surface area contributed by atoms with Crippen LogP contribution in [0, 0.1) is 3.57 Å². The number of aromatic nitrogens is 1. The summed E-state index contributed by atoms with van der Waals surface area (Å²) in [6, 6.07) is 0. The molecule has 0 saturated heterocycles. The number of carbonyl (C=O) groups is 1. The first-order chi connectivity index (χ1) is 7.49. The highest BCUT2D eigenvalue weighted by atomic mass is 127. The molecule has 0 aliphatic rings. The molecule has 0 atom stereocenters. The third kappa shape index (κ3) is 2.88. The molecule has 0 amide bonds. The Hall–Kier alpha value is -0.310. The summed E-state index contributed by atoms with van der Waals surface area (Å²) in [5.41, 5.74) is -0.320. The van der Waals surface area contributed by atoms with Crippen molar-refractivity contribution >= 4 is 44.5 Å². The van der Waals surface area contributed by atoms with Crippen LogP contribution in [-0.4, -0.2) is 17.6 Å². The maximum Gasteiger partial charge on any atom is 0.340 e. The monoisotopic (exact) mass is 405 g/mol. The van der Waals surface area contributed by atoms with Crippen LogP contribution in [0.2, 0.25) is 0 Å². The van der Waals surface area contributed by atoms with E-state index >= 15 is 0 Å². The lowest BCUT2D eigenvalue weighted by atomic mass is 10.2. The smallest absolute Gasteiger partial charge is 0.340 e. The van der Waals surface area contributed by atoms with E-state index in [0.717, 1.165) is 0 Å². The average Bonchev–Trinajstić information content (AvgIpc) is 2.17. The molecule has 7 heteroatoms. The molecular formula is C9H7BrF2INO2. The third-order valence-corrected chi connectivity index (χ3v) is 3.38. The SMILES string of the molecule is CCOC(=O)c1c(Br)cnc(C(F)F)c1I. The van der Waals surface area contributed by atoms with Gasteiger partial charge < -0.3 is 4.74 Å². The van der Waals surface area contributed by atoms with Crippen LogP contribution < -0.4 is 0 Å². The van der Waals surface area contributed by atoms with Crippen molar-refractivity contribution in [1.29, 1.82) is 0 Å². The summed E-state index contributed by atoms with van der Waals surface area (Å²) in [5.74, 6) is -0.636. The summed E-state index contributed by atoms with van der Waals surface area (Å²) in [7, 11) is 0. The van der Waals surface area contributed by atoms with Gasteiger partial charge in [-0.05, 0) is 45.4 Å². The lowest BCUT2D eigenvalue weighted by molar-refractivity contribution is 0.0523. The molecule has 1 aromatic heterocycles. The standard InChI is InChI=1S/C9H7BrF2INO2/c1-2-16-9(15)5-4(10)3-14-7(6(5)13)8(11)12/h3,8H,2H2,1H3. The summed E-state index contributed by atoms with van der Waals surface area (Å²) < 4.78 is 30.3. The van der Waals surface area contributed by atoms with Gasteiger partial charge in [0.1, 0.15) is 5.69 Å². The van der Waals surface area contributed by atoms with Gasteiger partial charge >= 0.3 is 5.97 Å². The Balaban J connectivity index is 3.26. The van der Waals surface area contributed by atoms with Crippen molar-refractivity contribution in [3.63, 3.8) is 0 Å². The molecule has 0 spiro atoms. The summed E-state index contributed by atoms with van der Waals surface area (Å²) >= 11 is 4.75. The van der Waals surface area contributed by atoms with Gasteiger partial charge in [0.2, 0.25) is 0 Å². The van der Waals surface area contributed by atoms with Crippen molar-refractivity contribution in [3.05, 3.63) is 25.5 Å². The van der Waals surface area contributed by atoms with Gasteiger partial charge in [0.05, 0.1) is 20.2 Å². The number of pyridine rings is 1. The Morgan fingerprint density at radius 1 is 1.69 bits per heavy atom. The van der Waals surface area contributed by atoms with Gasteiger partial charge in [-0.15, -0.1) is 0 Å². The number of nitrogens with zero attached hydrogens (tertiary/aromatic N) is 1. The van der Waals surface area contributed by atoms with Crippen LogP contribution in [0.3, 0.4) is 0 Å². The molecule has 0 unspecified atom stereocenters. The molecule has 0 aliphatic heterocycles. The van der Waals surface area contributed by atoms with Gasteiger partial charge in [0.15, 0.2) is 0 Å². The first-order valence-electron chi connectivity index (χ1n) is 4.28. The second kappa shape index (κ2) is 5.85. The number of ether oxygens (including phenoxy) is 1. The van der Waals surface area contributed by atoms with E-state index in [9.17, 15) is 13.6 Å². The predicted octanol–water partition coefficient (Wildman–Crippen LogP) is 3.56. The number of esters is 1. The quantitative estimate of drug-likeness (QED) is 0.570. The Kier molecular flexibility index (Phi) is 5.03. The van der Waals surface area contributed by atoms with Crippen LogP contribution in [0.1, 0.15) is 29.4 Å². The zero-order chi connectivity index (χ0) is 12.3. The molecule has 16 heavy (non-hydrogen) atoms.